The summed E-state index contributed by atoms with van der Waals surface area (Å²) in [4.78, 5) is 0. The summed E-state index contributed by atoms with van der Waals surface area (Å²) in [5.41, 5.74) is 4.93. The van der Waals surface area contributed by atoms with Crippen molar-refractivity contribution >= 4 is 16.8 Å². The first-order chi connectivity index (χ1) is 13.3. The van der Waals surface area contributed by atoms with Gasteiger partial charge < -0.3 is 29.9 Å². The molecule has 1 unspecified atom stereocenters. The number of aliphatic hydroxyl groups is 1. The van der Waals surface area contributed by atoms with E-state index in [-0.39, 0.29) is 53.1 Å². The fourth-order valence-electron chi connectivity index (χ4n) is 3.42. The molecule has 0 heterocycles. The largest absolute Gasteiger partial charge is 3.00 e. The zero-order valence-corrected chi connectivity index (χ0v) is 19.4. The van der Waals surface area contributed by atoms with E-state index in [1.807, 2.05) is 30.3 Å². The fourth-order valence-corrected chi connectivity index (χ4v) is 3.42. The summed E-state index contributed by atoms with van der Waals surface area (Å²) >= 11 is 0. The third kappa shape index (κ3) is 6.07. The van der Waals surface area contributed by atoms with Crippen molar-refractivity contribution in [1.82, 2.24) is 0 Å². The zero-order chi connectivity index (χ0) is 18.5. The molecule has 4 aromatic rings. The van der Waals surface area contributed by atoms with Gasteiger partial charge in [0.25, 0.3) is 0 Å². The summed E-state index contributed by atoms with van der Waals surface area (Å²) < 4.78 is 0. The molecule has 0 aliphatic heterocycles. The van der Waals surface area contributed by atoms with E-state index < -0.39 is 0 Å². The predicted molar refractivity (Wildman–Crippen MR) is 112 cm³/mol. The molecule has 1 atom stereocenters. The number of rotatable bonds is 2. The van der Waals surface area contributed by atoms with Crippen molar-refractivity contribution in [1.29, 1.82) is 0 Å². The number of fused-ring (bicyclic) bond motifs is 2. The van der Waals surface area contributed by atoms with Crippen LogP contribution in [0.2, 0.25) is 0 Å². The predicted octanol–water partition coefficient (Wildman–Crippen LogP) is -0.0169. The number of aliphatic hydroxyl groups excluding tert-OH is 1. The molecule has 0 aromatic heterocycles. The van der Waals surface area contributed by atoms with Crippen LogP contribution in [-0.4, -0.2) is 5.11 Å². The summed E-state index contributed by atoms with van der Waals surface area (Å²) in [7, 11) is 0. The maximum Gasteiger partial charge on any atom is 3.00 e. The minimum atomic E-state index is 0. The van der Waals surface area contributed by atoms with Crippen molar-refractivity contribution in [3.8, 4) is 0 Å². The average Bonchev–Trinajstić information content (AvgIpc) is 3.19. The molecule has 0 amide bonds. The van der Waals surface area contributed by atoms with Gasteiger partial charge in [0, 0.05) is 5.92 Å². The van der Waals surface area contributed by atoms with E-state index in [1.165, 1.54) is 27.5 Å². The van der Waals surface area contributed by atoms with E-state index in [9.17, 15) is 0 Å². The van der Waals surface area contributed by atoms with Crippen molar-refractivity contribution in [2.45, 2.75) is 12.5 Å². The van der Waals surface area contributed by atoms with Crippen molar-refractivity contribution in [3.05, 3.63) is 125 Å². The van der Waals surface area contributed by atoms with Gasteiger partial charge >= 0.3 is 21.7 Å². The minimum absolute atomic E-state index is 0. The van der Waals surface area contributed by atoms with Gasteiger partial charge in [-0.15, -0.1) is 46.7 Å². The molecule has 1 aliphatic rings. The fraction of sp³-hybridized carbons (Fsp3) is 0.0769. The Kier molecular flexibility index (Phi) is 11.1. The standard InChI is InChI=1S/C19H13.C7H8O.2ClH.Ti/c1-2-7-16-13-17(10-9-14(16)5-1)19-12-11-15-6-3-4-8-18(15)19;8-6-7-4-2-1-3-5-7;;;/h1-12,19H;1-5,8H,6H2;2*1H;/q-1;;;;+3/p-2. The van der Waals surface area contributed by atoms with Crippen LogP contribution in [0.25, 0.3) is 16.8 Å². The number of hydrogen-bond donors (Lipinski definition) is 1. The molecular formula is C26H21Cl2OTi. The number of benzene rings is 4. The van der Waals surface area contributed by atoms with Crippen molar-refractivity contribution in [2.24, 2.45) is 0 Å². The summed E-state index contributed by atoms with van der Waals surface area (Å²) in [6.07, 6.45) is 4.48. The van der Waals surface area contributed by atoms with Crippen LogP contribution in [0.1, 0.15) is 28.2 Å². The van der Waals surface area contributed by atoms with Crippen molar-refractivity contribution in [2.75, 3.05) is 0 Å². The van der Waals surface area contributed by atoms with E-state index in [1.54, 1.807) is 0 Å². The average molecular weight is 468 g/mol. The number of halogens is 2. The van der Waals surface area contributed by atoms with Crippen LogP contribution in [0.15, 0.2) is 97.1 Å². The molecular weight excluding hydrogens is 447 g/mol. The van der Waals surface area contributed by atoms with Crippen LogP contribution in [0.3, 0.4) is 0 Å². The Morgan fingerprint density at radius 2 is 1.40 bits per heavy atom. The quantitative estimate of drug-likeness (QED) is 0.324. The van der Waals surface area contributed by atoms with E-state index in [0.717, 1.165) is 5.56 Å². The summed E-state index contributed by atoms with van der Waals surface area (Å²) in [5, 5.41) is 11.0. The second-order valence-electron chi connectivity index (χ2n) is 6.61. The molecule has 0 saturated carbocycles. The molecule has 0 saturated heterocycles. The van der Waals surface area contributed by atoms with Gasteiger partial charge in [-0.2, -0.15) is 0 Å². The van der Waals surface area contributed by atoms with Gasteiger partial charge in [0.15, 0.2) is 0 Å². The van der Waals surface area contributed by atoms with Crippen LogP contribution < -0.4 is 24.8 Å². The molecule has 0 bridgehead atoms. The normalized spacial score (nSPS) is 13.0. The van der Waals surface area contributed by atoms with Crippen LogP contribution in [0.4, 0.5) is 0 Å². The van der Waals surface area contributed by atoms with Crippen LogP contribution >= 0.6 is 0 Å². The second-order valence-corrected chi connectivity index (χ2v) is 6.61. The van der Waals surface area contributed by atoms with Gasteiger partial charge in [-0.25, -0.2) is 0 Å². The Bertz CT molecular complexity index is 1080. The Hall–Kier alpha value is -1.87. The number of allylic oxidation sites excluding steroid dienone is 1. The van der Waals surface area contributed by atoms with Crippen LogP contribution in [-0.2, 0) is 28.3 Å². The molecule has 149 valence electrons. The third-order valence-electron chi connectivity index (χ3n) is 4.84. The first-order valence-electron chi connectivity index (χ1n) is 9.18. The monoisotopic (exact) mass is 467 g/mol. The molecule has 0 fully saturated rings. The molecule has 0 spiro atoms. The van der Waals surface area contributed by atoms with Gasteiger partial charge in [-0.05, 0) is 16.7 Å². The Morgan fingerprint density at radius 1 is 0.733 bits per heavy atom. The van der Waals surface area contributed by atoms with Gasteiger partial charge in [0.1, 0.15) is 0 Å². The third-order valence-corrected chi connectivity index (χ3v) is 4.84. The maximum atomic E-state index is 8.54. The first-order valence-corrected chi connectivity index (χ1v) is 9.18. The Morgan fingerprint density at radius 3 is 2.13 bits per heavy atom. The van der Waals surface area contributed by atoms with Crippen LogP contribution in [0, 0.1) is 6.07 Å². The zero-order valence-electron chi connectivity index (χ0n) is 16.3. The summed E-state index contributed by atoms with van der Waals surface area (Å²) in [6.45, 7) is 0.140. The smallest absolute Gasteiger partial charge is 1.00 e. The molecule has 1 N–H and O–H groups in total. The van der Waals surface area contributed by atoms with Gasteiger partial charge in [0.2, 0.25) is 0 Å². The Labute approximate surface area is 205 Å². The molecule has 4 aromatic carbocycles. The topological polar surface area (TPSA) is 20.2 Å². The first kappa shape index (κ1) is 26.2. The molecule has 30 heavy (non-hydrogen) atoms. The molecule has 5 rings (SSSR count). The van der Waals surface area contributed by atoms with Crippen LogP contribution in [0.5, 0.6) is 0 Å². The Balaban J connectivity index is 0.000000355. The van der Waals surface area contributed by atoms with Gasteiger partial charge in [-0.3, -0.25) is 0 Å². The number of hydrogen-bond acceptors (Lipinski definition) is 1. The summed E-state index contributed by atoms with van der Waals surface area (Å²) in [6, 6.07) is 34.5. The molecule has 1 nitrogen and oxygen atoms in total. The maximum absolute atomic E-state index is 8.54. The summed E-state index contributed by atoms with van der Waals surface area (Å²) in [5.74, 6) is 0.348. The minimum Gasteiger partial charge on any atom is -1.00 e. The van der Waals surface area contributed by atoms with E-state index in [2.05, 4.69) is 78.9 Å². The second kappa shape index (κ2) is 12.7. The van der Waals surface area contributed by atoms with E-state index >= 15 is 0 Å². The van der Waals surface area contributed by atoms with Gasteiger partial charge in [0.05, 0.1) is 6.61 Å². The van der Waals surface area contributed by atoms with E-state index in [0.29, 0.717) is 5.92 Å². The molecule has 1 aliphatic carbocycles. The van der Waals surface area contributed by atoms with Crippen molar-refractivity contribution in [3.63, 3.8) is 0 Å². The van der Waals surface area contributed by atoms with Gasteiger partial charge in [-0.1, -0.05) is 78.9 Å². The van der Waals surface area contributed by atoms with Crippen molar-refractivity contribution < 1.29 is 51.6 Å². The molecule has 4 heteroatoms. The van der Waals surface area contributed by atoms with E-state index in [4.69, 9.17) is 5.11 Å². The molecule has 1 radical (unpaired) electrons. The SMILES string of the molecule is OCc1ccccc1.[Cl-].[Cl-].[Ti+3].[c-]1c(C2C=Cc3ccccc32)ccc2ccccc12.